The molecule has 0 aliphatic carbocycles. The van der Waals surface area contributed by atoms with Crippen LogP contribution in [0.1, 0.15) is 17.5 Å². The molecule has 0 saturated carbocycles. The van der Waals surface area contributed by atoms with E-state index in [1.807, 2.05) is 0 Å². The Bertz CT molecular complexity index is 347. The van der Waals surface area contributed by atoms with Gasteiger partial charge in [0.1, 0.15) is 5.82 Å². The summed E-state index contributed by atoms with van der Waals surface area (Å²) in [6, 6.07) is 5.10. The van der Waals surface area contributed by atoms with Crippen LogP contribution < -0.4 is 0 Å². The minimum atomic E-state index is -0.270. The van der Waals surface area contributed by atoms with Gasteiger partial charge in [0.25, 0.3) is 0 Å². The number of aliphatic hydroxyl groups is 1. The Hall–Kier alpha value is -1.33. The van der Waals surface area contributed by atoms with Crippen LogP contribution in [0, 0.1) is 24.6 Å². The number of aliphatic hydroxyl groups excluding tert-OH is 1. The van der Waals surface area contributed by atoms with E-state index in [1.165, 1.54) is 0 Å². The summed E-state index contributed by atoms with van der Waals surface area (Å²) in [7, 11) is 0. The third kappa shape index (κ3) is 2.57. The lowest BCUT2D eigenvalue weighted by Gasteiger charge is -1.96. The van der Waals surface area contributed by atoms with Gasteiger partial charge in [-0.15, -0.1) is 0 Å². The van der Waals surface area contributed by atoms with Gasteiger partial charge in [0.15, 0.2) is 0 Å². The summed E-state index contributed by atoms with van der Waals surface area (Å²) in [5, 5.41) is 8.47. The zero-order valence-corrected chi connectivity index (χ0v) is 7.47. The highest BCUT2D eigenvalue weighted by Gasteiger charge is 2.00. The van der Waals surface area contributed by atoms with Crippen molar-refractivity contribution in [3.8, 4) is 11.8 Å². The van der Waals surface area contributed by atoms with E-state index in [4.69, 9.17) is 5.11 Å². The number of halogens is 1. The second kappa shape index (κ2) is 4.64. The van der Waals surface area contributed by atoms with Crippen LogP contribution in [0.15, 0.2) is 18.2 Å². The summed E-state index contributed by atoms with van der Waals surface area (Å²) in [6.45, 7) is 1.72. The predicted molar refractivity (Wildman–Crippen MR) is 49.7 cm³/mol. The van der Waals surface area contributed by atoms with Crippen LogP contribution in [0.4, 0.5) is 4.39 Å². The molecule has 0 aliphatic rings. The Balaban J connectivity index is 2.91. The van der Waals surface area contributed by atoms with Crippen molar-refractivity contribution >= 4 is 0 Å². The lowest BCUT2D eigenvalue weighted by molar-refractivity contribution is 0.305. The highest BCUT2D eigenvalue weighted by atomic mass is 19.1. The molecule has 1 nitrogen and oxygen atoms in total. The average Bonchev–Trinajstić information content (AvgIpc) is 2.13. The summed E-state index contributed by atoms with van der Waals surface area (Å²) < 4.78 is 13.3. The van der Waals surface area contributed by atoms with Crippen LogP contribution in [0.25, 0.3) is 0 Å². The third-order valence-electron chi connectivity index (χ3n) is 1.65. The third-order valence-corrected chi connectivity index (χ3v) is 1.65. The average molecular weight is 178 g/mol. The highest BCUT2D eigenvalue weighted by Crippen LogP contribution is 2.10. The van der Waals surface area contributed by atoms with Gasteiger partial charge in [0.2, 0.25) is 0 Å². The summed E-state index contributed by atoms with van der Waals surface area (Å²) in [6.07, 6.45) is 0.382. The zero-order valence-electron chi connectivity index (χ0n) is 7.47. The molecule has 1 aromatic carbocycles. The lowest BCUT2D eigenvalue weighted by atomic mass is 10.1. The minimum Gasteiger partial charge on any atom is -0.395 e. The molecule has 1 N–H and O–H groups in total. The van der Waals surface area contributed by atoms with E-state index in [1.54, 1.807) is 25.1 Å². The van der Waals surface area contributed by atoms with Gasteiger partial charge in [-0.3, -0.25) is 0 Å². The lowest BCUT2D eigenvalue weighted by Crippen LogP contribution is -1.87. The summed E-state index contributed by atoms with van der Waals surface area (Å²) in [4.78, 5) is 0. The number of benzene rings is 1. The fourth-order valence-corrected chi connectivity index (χ4v) is 0.958. The molecule has 0 amide bonds. The van der Waals surface area contributed by atoms with Gasteiger partial charge >= 0.3 is 0 Å². The van der Waals surface area contributed by atoms with Crippen LogP contribution in [0.2, 0.25) is 0 Å². The molecule has 0 aliphatic heterocycles. The molecule has 0 atom stereocenters. The van der Waals surface area contributed by atoms with Crippen molar-refractivity contribution in [2.24, 2.45) is 0 Å². The Morgan fingerprint density at radius 3 is 2.92 bits per heavy atom. The van der Waals surface area contributed by atoms with E-state index in [2.05, 4.69) is 11.8 Å². The molecule has 0 unspecified atom stereocenters. The number of hydrogen-bond donors (Lipinski definition) is 1. The van der Waals surface area contributed by atoms with Gasteiger partial charge in [-0.2, -0.15) is 0 Å². The van der Waals surface area contributed by atoms with Crippen LogP contribution in [0.3, 0.4) is 0 Å². The monoisotopic (exact) mass is 178 g/mol. The summed E-state index contributed by atoms with van der Waals surface area (Å²) in [5.74, 6) is 5.08. The van der Waals surface area contributed by atoms with Gasteiger partial charge in [-0.05, 0) is 18.6 Å². The van der Waals surface area contributed by atoms with E-state index >= 15 is 0 Å². The minimum absolute atomic E-state index is 0.0143. The topological polar surface area (TPSA) is 20.2 Å². The van der Waals surface area contributed by atoms with Crippen molar-refractivity contribution in [1.82, 2.24) is 0 Å². The SMILES string of the molecule is Cc1cccc(C#CCCO)c1F. The predicted octanol–water partition coefficient (Wildman–Crippen LogP) is 1.87. The Morgan fingerprint density at radius 1 is 1.46 bits per heavy atom. The molecule has 0 fully saturated rings. The number of hydrogen-bond acceptors (Lipinski definition) is 1. The van der Waals surface area contributed by atoms with E-state index < -0.39 is 0 Å². The fourth-order valence-electron chi connectivity index (χ4n) is 0.958. The van der Waals surface area contributed by atoms with Crippen molar-refractivity contribution in [1.29, 1.82) is 0 Å². The standard InChI is InChI=1S/C11H11FO/c1-9-5-4-7-10(11(9)12)6-2-3-8-13/h4-5,7,13H,3,8H2,1H3. The van der Waals surface area contributed by atoms with Crippen molar-refractivity contribution in [3.05, 3.63) is 35.1 Å². The molecule has 0 saturated heterocycles. The van der Waals surface area contributed by atoms with Gasteiger partial charge in [-0.25, -0.2) is 4.39 Å². The maximum absolute atomic E-state index is 13.3. The first-order valence-electron chi connectivity index (χ1n) is 4.10. The van der Waals surface area contributed by atoms with Gasteiger partial charge in [0.05, 0.1) is 12.2 Å². The largest absolute Gasteiger partial charge is 0.395 e. The molecule has 0 bridgehead atoms. The first-order chi connectivity index (χ1) is 6.25. The Labute approximate surface area is 77.2 Å². The van der Waals surface area contributed by atoms with Crippen molar-refractivity contribution < 1.29 is 9.50 Å². The maximum atomic E-state index is 13.3. The molecule has 0 heterocycles. The molecule has 0 aromatic heterocycles. The van der Waals surface area contributed by atoms with Crippen LogP contribution in [0.5, 0.6) is 0 Å². The van der Waals surface area contributed by atoms with Crippen LogP contribution in [-0.2, 0) is 0 Å². The van der Waals surface area contributed by atoms with Crippen molar-refractivity contribution in [2.45, 2.75) is 13.3 Å². The van der Waals surface area contributed by atoms with Gasteiger partial charge < -0.3 is 5.11 Å². The second-order valence-electron chi connectivity index (χ2n) is 2.71. The molecular weight excluding hydrogens is 167 g/mol. The van der Waals surface area contributed by atoms with Gasteiger partial charge in [0, 0.05) is 6.42 Å². The quantitative estimate of drug-likeness (QED) is 0.651. The van der Waals surface area contributed by atoms with Gasteiger partial charge in [-0.1, -0.05) is 24.0 Å². The first-order valence-corrected chi connectivity index (χ1v) is 4.10. The molecular formula is C11H11FO. The second-order valence-corrected chi connectivity index (χ2v) is 2.71. The first kappa shape index (κ1) is 9.76. The summed E-state index contributed by atoms with van der Waals surface area (Å²) in [5.41, 5.74) is 0.990. The molecule has 1 rings (SSSR count). The molecule has 2 heteroatoms. The fraction of sp³-hybridized carbons (Fsp3) is 0.273. The molecule has 68 valence electrons. The Morgan fingerprint density at radius 2 is 2.23 bits per heavy atom. The molecule has 13 heavy (non-hydrogen) atoms. The molecule has 0 spiro atoms. The smallest absolute Gasteiger partial charge is 0.141 e. The number of aryl methyl sites for hydroxylation is 1. The van der Waals surface area contributed by atoms with E-state index in [0.29, 0.717) is 17.5 Å². The highest BCUT2D eigenvalue weighted by molar-refractivity contribution is 5.38. The number of rotatable bonds is 1. The van der Waals surface area contributed by atoms with E-state index in [-0.39, 0.29) is 12.4 Å². The van der Waals surface area contributed by atoms with E-state index in [9.17, 15) is 4.39 Å². The Kier molecular flexibility index (Phi) is 3.48. The van der Waals surface area contributed by atoms with E-state index in [0.717, 1.165) is 0 Å². The maximum Gasteiger partial charge on any atom is 0.141 e. The molecule has 1 aromatic rings. The van der Waals surface area contributed by atoms with Crippen LogP contribution >= 0.6 is 0 Å². The van der Waals surface area contributed by atoms with Crippen molar-refractivity contribution in [3.63, 3.8) is 0 Å². The van der Waals surface area contributed by atoms with Crippen LogP contribution in [-0.4, -0.2) is 11.7 Å². The zero-order chi connectivity index (χ0) is 9.68. The normalized spacial score (nSPS) is 9.15. The summed E-state index contributed by atoms with van der Waals surface area (Å²) >= 11 is 0. The molecule has 0 radical (unpaired) electrons. The van der Waals surface area contributed by atoms with Crippen molar-refractivity contribution in [2.75, 3.05) is 6.61 Å².